The largest absolute Gasteiger partial charge is 0.406 e. The Balaban J connectivity index is 2.87. The number of nitrogens with zero attached hydrogens (tertiary/aromatic N) is 1. The lowest BCUT2D eigenvalue weighted by Gasteiger charge is -2.18. The molecule has 0 aromatic carbocycles. The van der Waals surface area contributed by atoms with Gasteiger partial charge in [0.15, 0.2) is 5.43 Å². The van der Waals surface area contributed by atoms with Crippen LogP contribution in [0.1, 0.15) is 10.4 Å². The van der Waals surface area contributed by atoms with Gasteiger partial charge in [-0.3, -0.25) is 9.59 Å². The average Bonchev–Trinajstić information content (AvgIpc) is 2.15. The van der Waals surface area contributed by atoms with Crippen LogP contribution in [0.5, 0.6) is 0 Å². The molecule has 0 spiro atoms. The number of amides is 1. The van der Waals surface area contributed by atoms with Crippen molar-refractivity contribution in [3.8, 4) is 0 Å². The molecule has 0 aliphatic heterocycles. The fourth-order valence-electron chi connectivity index (χ4n) is 1.13. The van der Waals surface area contributed by atoms with Crippen molar-refractivity contribution in [1.29, 1.82) is 0 Å². The number of hydrogen-bond acceptors (Lipinski definition) is 2. The Morgan fingerprint density at radius 2 is 2.12 bits per heavy atom. The molecule has 1 amide bonds. The van der Waals surface area contributed by atoms with E-state index in [2.05, 4.69) is 4.98 Å². The molecule has 7 heteroatoms. The molecule has 0 saturated heterocycles. The van der Waals surface area contributed by atoms with Crippen LogP contribution >= 0.6 is 0 Å². The Morgan fingerprint density at radius 1 is 1.50 bits per heavy atom. The van der Waals surface area contributed by atoms with Crippen LogP contribution in [-0.2, 0) is 0 Å². The van der Waals surface area contributed by atoms with Crippen LogP contribution < -0.4 is 5.43 Å². The molecule has 1 aromatic heterocycles. The summed E-state index contributed by atoms with van der Waals surface area (Å²) in [5, 5.41) is 0. The highest BCUT2D eigenvalue weighted by Crippen LogP contribution is 2.16. The van der Waals surface area contributed by atoms with E-state index in [9.17, 15) is 22.8 Å². The zero-order chi connectivity index (χ0) is 12.3. The Labute approximate surface area is 88.7 Å². The number of carbonyl (C=O) groups excluding carboxylic acids is 1. The number of nitrogens with one attached hydrogen (secondary N) is 1. The second-order valence-corrected chi connectivity index (χ2v) is 3.20. The van der Waals surface area contributed by atoms with E-state index in [0.717, 1.165) is 19.3 Å². The summed E-state index contributed by atoms with van der Waals surface area (Å²) in [6, 6.07) is 1.08. The molecule has 0 bridgehead atoms. The van der Waals surface area contributed by atoms with E-state index in [0.29, 0.717) is 4.90 Å². The predicted molar refractivity (Wildman–Crippen MR) is 50.1 cm³/mol. The minimum absolute atomic E-state index is 0.311. The van der Waals surface area contributed by atoms with E-state index >= 15 is 0 Å². The number of H-pyrrole nitrogens is 1. The Hall–Kier alpha value is -1.79. The summed E-state index contributed by atoms with van der Waals surface area (Å²) in [4.78, 5) is 25.6. The minimum atomic E-state index is -4.48. The van der Waals surface area contributed by atoms with Gasteiger partial charge in [0.05, 0.1) is 0 Å². The van der Waals surface area contributed by atoms with Crippen LogP contribution in [0.4, 0.5) is 13.2 Å². The van der Waals surface area contributed by atoms with E-state index < -0.39 is 24.1 Å². The summed E-state index contributed by atoms with van der Waals surface area (Å²) in [5.74, 6) is -0.959. The SMILES string of the molecule is CN(CC(F)(F)F)C(=O)c1c[nH]ccc1=O. The molecule has 0 radical (unpaired) electrons. The van der Waals surface area contributed by atoms with E-state index in [4.69, 9.17) is 0 Å². The molecule has 1 rings (SSSR count). The predicted octanol–water partition coefficient (Wildman–Crippen LogP) is 1.01. The third-order valence-electron chi connectivity index (χ3n) is 1.82. The summed E-state index contributed by atoms with van der Waals surface area (Å²) >= 11 is 0. The van der Waals surface area contributed by atoms with Gasteiger partial charge in [0.25, 0.3) is 5.91 Å². The highest BCUT2D eigenvalue weighted by molar-refractivity contribution is 5.93. The van der Waals surface area contributed by atoms with Crippen LogP contribution in [0.3, 0.4) is 0 Å². The van der Waals surface area contributed by atoms with Crippen molar-refractivity contribution < 1.29 is 18.0 Å². The standard InChI is InChI=1S/C9H9F3N2O2/c1-14(5-9(10,11)12)8(16)6-4-13-3-2-7(6)15/h2-4H,5H2,1H3,(H,13,15). The molecule has 16 heavy (non-hydrogen) atoms. The fourth-order valence-corrected chi connectivity index (χ4v) is 1.13. The molecule has 0 aliphatic carbocycles. The second-order valence-electron chi connectivity index (χ2n) is 3.20. The second kappa shape index (κ2) is 4.38. The summed E-state index contributed by atoms with van der Waals surface area (Å²) in [6.45, 7) is -1.39. The molecule has 88 valence electrons. The molecule has 0 fully saturated rings. The Morgan fingerprint density at radius 3 is 2.62 bits per heavy atom. The number of rotatable bonds is 2. The molecular weight excluding hydrogens is 225 g/mol. The third-order valence-corrected chi connectivity index (χ3v) is 1.82. The molecule has 1 N–H and O–H groups in total. The fraction of sp³-hybridized carbons (Fsp3) is 0.333. The third kappa shape index (κ3) is 3.11. The van der Waals surface area contributed by atoms with Gasteiger partial charge in [-0.25, -0.2) is 0 Å². The first-order chi connectivity index (χ1) is 7.31. The number of alkyl halides is 3. The summed E-state index contributed by atoms with van der Waals surface area (Å²) in [6.07, 6.45) is -2.10. The number of aromatic amines is 1. The number of halogens is 3. The van der Waals surface area contributed by atoms with Gasteiger partial charge >= 0.3 is 6.18 Å². The van der Waals surface area contributed by atoms with Crippen LogP contribution in [-0.4, -0.2) is 35.6 Å². The summed E-state index contributed by atoms with van der Waals surface area (Å²) in [5.41, 5.74) is -0.924. The van der Waals surface area contributed by atoms with Crippen molar-refractivity contribution in [2.45, 2.75) is 6.18 Å². The molecule has 0 saturated carbocycles. The zero-order valence-electron chi connectivity index (χ0n) is 8.34. The van der Waals surface area contributed by atoms with E-state index in [1.165, 1.54) is 6.20 Å². The van der Waals surface area contributed by atoms with Crippen molar-refractivity contribution in [2.24, 2.45) is 0 Å². The van der Waals surface area contributed by atoms with Crippen LogP contribution in [0, 0.1) is 0 Å². The van der Waals surface area contributed by atoms with E-state index in [1.54, 1.807) is 0 Å². The van der Waals surface area contributed by atoms with Gasteiger partial charge in [-0.15, -0.1) is 0 Å². The van der Waals surface area contributed by atoms with Crippen molar-refractivity contribution in [3.05, 3.63) is 34.2 Å². The van der Waals surface area contributed by atoms with Crippen LogP contribution in [0.15, 0.2) is 23.3 Å². The van der Waals surface area contributed by atoms with Gasteiger partial charge in [0.1, 0.15) is 12.1 Å². The lowest BCUT2D eigenvalue weighted by Crippen LogP contribution is -2.37. The van der Waals surface area contributed by atoms with Crippen molar-refractivity contribution in [1.82, 2.24) is 9.88 Å². The number of pyridine rings is 1. The first-order valence-electron chi connectivity index (χ1n) is 4.30. The zero-order valence-corrected chi connectivity index (χ0v) is 8.34. The normalized spacial score (nSPS) is 11.2. The maximum atomic E-state index is 12.0. The monoisotopic (exact) mass is 234 g/mol. The van der Waals surface area contributed by atoms with Crippen LogP contribution in [0.2, 0.25) is 0 Å². The van der Waals surface area contributed by atoms with E-state index in [-0.39, 0.29) is 5.56 Å². The van der Waals surface area contributed by atoms with Gasteiger partial charge in [0, 0.05) is 25.5 Å². The molecule has 4 nitrogen and oxygen atoms in total. The van der Waals surface area contributed by atoms with Gasteiger partial charge in [-0.1, -0.05) is 0 Å². The molecule has 1 heterocycles. The lowest BCUT2D eigenvalue weighted by atomic mass is 10.2. The van der Waals surface area contributed by atoms with Gasteiger partial charge in [-0.2, -0.15) is 13.2 Å². The highest BCUT2D eigenvalue weighted by atomic mass is 19.4. The van der Waals surface area contributed by atoms with Crippen LogP contribution in [0.25, 0.3) is 0 Å². The highest BCUT2D eigenvalue weighted by Gasteiger charge is 2.31. The maximum absolute atomic E-state index is 12.0. The van der Waals surface area contributed by atoms with Crippen molar-refractivity contribution in [3.63, 3.8) is 0 Å². The minimum Gasteiger partial charge on any atom is -0.367 e. The first-order valence-corrected chi connectivity index (χ1v) is 4.30. The molecular formula is C9H9F3N2O2. The quantitative estimate of drug-likeness (QED) is 0.830. The molecule has 0 unspecified atom stereocenters. The topological polar surface area (TPSA) is 53.2 Å². The van der Waals surface area contributed by atoms with Gasteiger partial charge in [0.2, 0.25) is 0 Å². The Bertz CT molecular complexity index is 439. The number of aromatic nitrogens is 1. The number of carbonyl (C=O) groups is 1. The van der Waals surface area contributed by atoms with Crippen molar-refractivity contribution in [2.75, 3.05) is 13.6 Å². The summed E-state index contributed by atoms with van der Waals surface area (Å²) in [7, 11) is 0.988. The molecule has 0 aliphatic rings. The number of hydrogen-bond donors (Lipinski definition) is 1. The average molecular weight is 234 g/mol. The first kappa shape index (κ1) is 12.3. The van der Waals surface area contributed by atoms with E-state index in [1.807, 2.05) is 0 Å². The smallest absolute Gasteiger partial charge is 0.367 e. The maximum Gasteiger partial charge on any atom is 0.406 e. The van der Waals surface area contributed by atoms with Crippen molar-refractivity contribution >= 4 is 5.91 Å². The summed E-state index contributed by atoms with van der Waals surface area (Å²) < 4.78 is 36.0. The lowest BCUT2D eigenvalue weighted by molar-refractivity contribution is -0.138. The van der Waals surface area contributed by atoms with Gasteiger partial charge in [-0.05, 0) is 0 Å². The Kier molecular flexibility index (Phi) is 3.36. The molecule has 1 aromatic rings. The molecule has 0 atom stereocenters. The van der Waals surface area contributed by atoms with Gasteiger partial charge < -0.3 is 9.88 Å².